The van der Waals surface area contributed by atoms with Crippen LogP contribution in [0.25, 0.3) is 10.9 Å². The third-order valence-corrected chi connectivity index (χ3v) is 13.8. The zero-order chi connectivity index (χ0) is 41.9. The average molecular weight is 835 g/mol. The van der Waals surface area contributed by atoms with E-state index in [1.165, 1.54) is 0 Å². The van der Waals surface area contributed by atoms with Gasteiger partial charge in [-0.05, 0) is 53.1 Å². The Bertz CT molecular complexity index is 2320. The minimum Gasteiger partial charge on any atom is -0.497 e. The number of ether oxygens (including phenoxy) is 7. The van der Waals surface area contributed by atoms with Crippen molar-refractivity contribution >= 4 is 46.0 Å². The lowest BCUT2D eigenvalue weighted by molar-refractivity contribution is -0.139. The molecular formula is C47H51N2O10P. The van der Waals surface area contributed by atoms with Gasteiger partial charge < -0.3 is 52.6 Å². The standard InChI is InChI=1S/C47H51N2O10P/c1-53-37-18-20-41(43(32-37)55-3)49-22-26-56-25-21-48(23-27-57-29-30-58-28-24-49)40-19-15-35(31-42(40)54-2)47-46(34-13-16-36(17-14-34)59-33-45(50)51)39-11-7-8-12-44(39)60(47,52)38-9-5-4-6-10-38/h4-20,31-32H,21-30,33H2,1-3H3,(H,50,51). The summed E-state index contributed by atoms with van der Waals surface area (Å²) in [7, 11) is 1.50. The summed E-state index contributed by atoms with van der Waals surface area (Å²) in [6.07, 6.45) is 0. The van der Waals surface area contributed by atoms with Crippen molar-refractivity contribution in [2.45, 2.75) is 0 Å². The number of aliphatic carboxylic acids is 1. The minimum absolute atomic E-state index is 0.426. The van der Waals surface area contributed by atoms with Crippen LogP contribution >= 0.6 is 7.14 Å². The Morgan fingerprint density at radius 2 is 1.15 bits per heavy atom. The number of nitrogens with zero attached hydrogens (tertiary/aromatic N) is 2. The fourth-order valence-corrected chi connectivity index (χ4v) is 11.0. The van der Waals surface area contributed by atoms with E-state index in [4.69, 9.17) is 38.3 Å². The molecule has 7 rings (SSSR count). The first-order valence-corrected chi connectivity index (χ1v) is 21.7. The first-order valence-electron chi connectivity index (χ1n) is 19.9. The van der Waals surface area contributed by atoms with E-state index in [1.54, 1.807) is 33.5 Å². The predicted molar refractivity (Wildman–Crippen MR) is 235 cm³/mol. The van der Waals surface area contributed by atoms with E-state index in [1.807, 2.05) is 103 Å². The number of anilines is 2. The largest absolute Gasteiger partial charge is 0.497 e. The molecule has 0 amide bonds. The Balaban J connectivity index is 1.21. The SMILES string of the molecule is COc1ccc(N2CCOCCOCCN(c3ccc(C4=C(c5ccc(OCC(=O)O)cc5)c5ccccc5P4(=O)c4ccccc4)cc3OC)CCOCC2)c(OC)c1. The van der Waals surface area contributed by atoms with E-state index < -0.39 is 19.7 Å². The van der Waals surface area contributed by atoms with Gasteiger partial charge in [-0.1, -0.05) is 72.8 Å². The van der Waals surface area contributed by atoms with Crippen molar-refractivity contribution in [1.82, 2.24) is 0 Å². The Morgan fingerprint density at radius 3 is 1.75 bits per heavy atom. The van der Waals surface area contributed by atoms with E-state index in [0.717, 1.165) is 50.0 Å². The first kappa shape index (κ1) is 42.3. The van der Waals surface area contributed by atoms with Crippen LogP contribution in [0.2, 0.25) is 0 Å². The second kappa shape index (κ2) is 20.0. The lowest BCUT2D eigenvalue weighted by Gasteiger charge is -2.28. The molecule has 0 bridgehead atoms. The Morgan fingerprint density at radius 1 is 0.617 bits per heavy atom. The van der Waals surface area contributed by atoms with Crippen LogP contribution in [0, 0.1) is 0 Å². The summed E-state index contributed by atoms with van der Waals surface area (Å²) < 4.78 is 57.0. The van der Waals surface area contributed by atoms with Gasteiger partial charge in [0, 0.05) is 53.7 Å². The quantitative estimate of drug-likeness (QED) is 0.141. The monoisotopic (exact) mass is 834 g/mol. The highest BCUT2D eigenvalue weighted by molar-refractivity contribution is 7.88. The highest BCUT2D eigenvalue weighted by Gasteiger charge is 2.43. The van der Waals surface area contributed by atoms with Crippen molar-refractivity contribution in [2.24, 2.45) is 0 Å². The zero-order valence-electron chi connectivity index (χ0n) is 34.2. The molecule has 1 saturated heterocycles. The van der Waals surface area contributed by atoms with Gasteiger partial charge in [-0.15, -0.1) is 0 Å². The molecule has 0 spiro atoms. The van der Waals surface area contributed by atoms with Crippen molar-refractivity contribution in [3.63, 3.8) is 0 Å². The molecule has 5 aromatic carbocycles. The van der Waals surface area contributed by atoms with Gasteiger partial charge in [-0.3, -0.25) is 0 Å². The van der Waals surface area contributed by atoms with Gasteiger partial charge in [0.1, 0.15) is 23.0 Å². The summed E-state index contributed by atoms with van der Waals surface area (Å²) in [5, 5.41) is 11.3. The number of carboxylic acid groups (broad SMARTS) is 1. The lowest BCUT2D eigenvalue weighted by atomic mass is 9.95. The molecule has 2 aliphatic rings. The molecule has 0 aliphatic carbocycles. The molecule has 1 N–H and O–H groups in total. The van der Waals surface area contributed by atoms with Gasteiger partial charge >= 0.3 is 5.97 Å². The molecular weight excluding hydrogens is 783 g/mol. The van der Waals surface area contributed by atoms with Crippen LogP contribution in [0.15, 0.2) is 115 Å². The van der Waals surface area contributed by atoms with Gasteiger partial charge in [-0.2, -0.15) is 0 Å². The maximum Gasteiger partial charge on any atom is 0.341 e. The van der Waals surface area contributed by atoms with Crippen LogP contribution in [0.5, 0.6) is 23.0 Å². The summed E-state index contributed by atoms with van der Waals surface area (Å²) in [5.74, 6) is 1.41. The van der Waals surface area contributed by atoms with Crippen LogP contribution in [0.3, 0.4) is 0 Å². The number of carboxylic acids is 1. The number of fused-ring (bicyclic) bond motifs is 1. The molecule has 12 nitrogen and oxygen atoms in total. The van der Waals surface area contributed by atoms with E-state index in [0.29, 0.717) is 88.4 Å². The molecule has 1 atom stereocenters. The molecule has 0 aromatic heterocycles. The topological polar surface area (TPSA) is 125 Å². The van der Waals surface area contributed by atoms with Crippen molar-refractivity contribution in [3.8, 4) is 23.0 Å². The number of hydrogen-bond donors (Lipinski definition) is 1. The third-order valence-electron chi connectivity index (χ3n) is 10.6. The Hall–Kier alpha value is -5.78. The van der Waals surface area contributed by atoms with Crippen LogP contribution in [-0.2, 0) is 23.6 Å². The Kier molecular flexibility index (Phi) is 14.1. The van der Waals surface area contributed by atoms with Gasteiger partial charge in [0.2, 0.25) is 0 Å². The summed E-state index contributed by atoms with van der Waals surface area (Å²) >= 11 is 0. The van der Waals surface area contributed by atoms with E-state index in [2.05, 4.69) is 9.80 Å². The molecule has 2 aliphatic heterocycles. The second-order valence-electron chi connectivity index (χ2n) is 14.1. The van der Waals surface area contributed by atoms with Gasteiger partial charge in [0.05, 0.1) is 72.3 Å². The predicted octanol–water partition coefficient (Wildman–Crippen LogP) is 6.80. The smallest absolute Gasteiger partial charge is 0.341 e. The van der Waals surface area contributed by atoms with Crippen LogP contribution in [0.4, 0.5) is 11.4 Å². The summed E-state index contributed by atoms with van der Waals surface area (Å²) in [6.45, 7) is 4.79. The highest BCUT2D eigenvalue weighted by Crippen LogP contribution is 2.65. The summed E-state index contributed by atoms with van der Waals surface area (Å²) in [4.78, 5) is 15.6. The zero-order valence-corrected chi connectivity index (χ0v) is 35.1. The molecule has 2 heterocycles. The van der Waals surface area contributed by atoms with Gasteiger partial charge in [0.25, 0.3) is 0 Å². The minimum atomic E-state index is -3.43. The number of rotatable bonds is 11. The van der Waals surface area contributed by atoms with Crippen molar-refractivity contribution in [2.75, 3.05) is 104 Å². The van der Waals surface area contributed by atoms with Crippen LogP contribution < -0.4 is 39.4 Å². The van der Waals surface area contributed by atoms with Gasteiger partial charge in [0.15, 0.2) is 13.7 Å². The van der Waals surface area contributed by atoms with Gasteiger partial charge in [-0.25, -0.2) is 4.79 Å². The third kappa shape index (κ3) is 9.32. The maximum atomic E-state index is 16.0. The van der Waals surface area contributed by atoms with Crippen molar-refractivity contribution in [1.29, 1.82) is 0 Å². The molecule has 1 fully saturated rings. The number of carbonyl (C=O) groups is 1. The highest BCUT2D eigenvalue weighted by atomic mass is 31.2. The molecule has 5 aromatic rings. The Labute approximate surface area is 351 Å². The number of methoxy groups -OCH3 is 3. The molecule has 1 unspecified atom stereocenters. The van der Waals surface area contributed by atoms with E-state index in [9.17, 15) is 4.79 Å². The fraction of sp³-hybridized carbons (Fsp3) is 0.298. The number of hydrogen-bond acceptors (Lipinski definition) is 11. The summed E-state index contributed by atoms with van der Waals surface area (Å²) in [5.41, 5.74) is 5.07. The normalized spacial score (nSPS) is 17.9. The molecule has 314 valence electrons. The van der Waals surface area contributed by atoms with E-state index >= 15 is 4.57 Å². The maximum absolute atomic E-state index is 16.0. The molecule has 60 heavy (non-hydrogen) atoms. The molecule has 13 heteroatoms. The molecule has 0 saturated carbocycles. The summed E-state index contributed by atoms with van der Waals surface area (Å²) in [6, 6.07) is 36.5. The lowest BCUT2D eigenvalue weighted by Crippen LogP contribution is -2.33. The molecule has 0 radical (unpaired) electrons. The van der Waals surface area contributed by atoms with Crippen LogP contribution in [-0.4, -0.2) is 105 Å². The van der Waals surface area contributed by atoms with Crippen molar-refractivity contribution < 1.29 is 47.6 Å². The van der Waals surface area contributed by atoms with Crippen LogP contribution in [0.1, 0.15) is 16.7 Å². The second-order valence-corrected chi connectivity index (χ2v) is 16.8. The first-order chi connectivity index (χ1) is 29.3. The van der Waals surface area contributed by atoms with E-state index in [-0.39, 0.29) is 0 Å². The van der Waals surface area contributed by atoms with Crippen molar-refractivity contribution in [3.05, 3.63) is 132 Å². The average Bonchev–Trinajstić information content (AvgIpc) is 3.55. The fourth-order valence-electron chi connectivity index (χ4n) is 7.71. The number of benzene rings is 5.